The van der Waals surface area contributed by atoms with E-state index in [1.165, 1.54) is 24.9 Å². The number of methoxy groups -OCH3 is 2. The summed E-state index contributed by atoms with van der Waals surface area (Å²) in [5, 5.41) is 11.5. The quantitative estimate of drug-likeness (QED) is 0.151. The molecule has 1 atom stereocenters. The molecule has 13 heteroatoms. The summed E-state index contributed by atoms with van der Waals surface area (Å²) < 4.78 is 24.5. The van der Waals surface area contributed by atoms with Crippen molar-refractivity contribution in [2.45, 2.75) is 19.9 Å². The number of allylic oxidation sites excluding steroid dienone is 1. The van der Waals surface area contributed by atoms with E-state index in [2.05, 4.69) is 20.9 Å². The van der Waals surface area contributed by atoms with E-state index >= 15 is 0 Å². The summed E-state index contributed by atoms with van der Waals surface area (Å²) in [6.07, 6.45) is 1.55. The summed E-state index contributed by atoms with van der Waals surface area (Å²) in [5.74, 6) is 0.882. The normalized spacial score (nSPS) is 14.8. The Morgan fingerprint density at radius 1 is 1.19 bits per heavy atom. The molecular weight excluding hydrogens is 630 g/mol. The summed E-state index contributed by atoms with van der Waals surface area (Å²) in [6, 6.07) is 12.0. The fourth-order valence-corrected chi connectivity index (χ4v) is 6.28. The molecule has 1 aliphatic heterocycles. The number of hydrogen-bond acceptors (Lipinski definition) is 10. The van der Waals surface area contributed by atoms with Gasteiger partial charge in [-0.2, -0.15) is 0 Å². The van der Waals surface area contributed by atoms with Gasteiger partial charge in [0, 0.05) is 16.6 Å². The Morgan fingerprint density at radius 2 is 1.90 bits per heavy atom. The second-order valence-electron chi connectivity index (χ2n) is 9.01. The maximum atomic E-state index is 13.9. The van der Waals surface area contributed by atoms with Crippen molar-refractivity contribution in [3.05, 3.63) is 105 Å². The molecule has 0 N–H and O–H groups in total. The van der Waals surface area contributed by atoms with Gasteiger partial charge in [0.1, 0.15) is 11.5 Å². The van der Waals surface area contributed by atoms with Crippen LogP contribution in [0.25, 0.3) is 17.4 Å². The van der Waals surface area contributed by atoms with Crippen LogP contribution >= 0.6 is 27.3 Å². The lowest BCUT2D eigenvalue weighted by Crippen LogP contribution is -2.40. The molecule has 0 spiro atoms. The minimum absolute atomic E-state index is 0.0970. The van der Waals surface area contributed by atoms with E-state index < -0.39 is 22.5 Å². The van der Waals surface area contributed by atoms with Crippen molar-refractivity contribution < 1.29 is 28.3 Å². The molecule has 0 saturated carbocycles. The van der Waals surface area contributed by atoms with E-state index in [-0.39, 0.29) is 28.2 Å². The lowest BCUT2D eigenvalue weighted by Gasteiger charge is -2.26. The highest BCUT2D eigenvalue weighted by molar-refractivity contribution is 9.10. The molecule has 0 unspecified atom stereocenters. The van der Waals surface area contributed by atoms with Gasteiger partial charge < -0.3 is 18.6 Å². The van der Waals surface area contributed by atoms with Gasteiger partial charge in [-0.05, 0) is 49.7 Å². The van der Waals surface area contributed by atoms with Crippen LogP contribution in [0.1, 0.15) is 31.2 Å². The smallest absolute Gasteiger partial charge is 0.338 e. The zero-order valence-electron chi connectivity index (χ0n) is 22.9. The van der Waals surface area contributed by atoms with Crippen LogP contribution in [-0.2, 0) is 9.53 Å². The van der Waals surface area contributed by atoms with E-state index in [0.29, 0.717) is 43.4 Å². The lowest BCUT2D eigenvalue weighted by atomic mass is 9.95. The Hall–Kier alpha value is -4.49. The Bertz CT molecular complexity index is 1940. The molecule has 216 valence electrons. The fraction of sp³-hybridized carbons (Fsp3) is 0.207. The van der Waals surface area contributed by atoms with Crippen molar-refractivity contribution in [3.63, 3.8) is 0 Å². The minimum Gasteiger partial charge on any atom is -0.493 e. The first-order valence-corrected chi connectivity index (χ1v) is 14.2. The Kier molecular flexibility index (Phi) is 8.14. The molecule has 42 heavy (non-hydrogen) atoms. The van der Waals surface area contributed by atoms with Gasteiger partial charge in [-0.15, -0.1) is 0 Å². The number of carbonyl (C=O) groups is 1. The standard InChI is InChI=1S/C29H24BrN3O8S/c1-5-40-28(35)25-15(2)31-29-32(26(25)18-13-22(38-3)23(39-4)14-19(18)30)27(34)24(42-29)12-16-10-11-21(41-16)17-8-6-7-9-20(17)33(36)37/h6-14,26H,5H2,1-4H3/b24-12-/t26-/m0/s1. The van der Waals surface area contributed by atoms with Crippen LogP contribution in [-0.4, -0.2) is 36.3 Å². The first kappa shape index (κ1) is 29.0. The number of ether oxygens (including phenoxy) is 3. The van der Waals surface area contributed by atoms with Crippen molar-refractivity contribution in [3.8, 4) is 22.8 Å². The van der Waals surface area contributed by atoms with Crippen LogP contribution in [0, 0.1) is 10.1 Å². The number of hydrogen-bond donors (Lipinski definition) is 0. The molecular formula is C29H24BrN3O8S. The highest BCUT2D eigenvalue weighted by Gasteiger charge is 2.35. The Morgan fingerprint density at radius 3 is 2.60 bits per heavy atom. The first-order chi connectivity index (χ1) is 20.2. The second-order valence-corrected chi connectivity index (χ2v) is 10.9. The van der Waals surface area contributed by atoms with Crippen LogP contribution in [0.5, 0.6) is 11.5 Å². The number of rotatable bonds is 8. The lowest BCUT2D eigenvalue weighted by molar-refractivity contribution is -0.384. The van der Waals surface area contributed by atoms with Crippen LogP contribution in [0.2, 0.25) is 0 Å². The van der Waals surface area contributed by atoms with Gasteiger partial charge in [0.15, 0.2) is 16.3 Å². The van der Waals surface area contributed by atoms with Crippen LogP contribution in [0.3, 0.4) is 0 Å². The average Bonchev–Trinajstić information content (AvgIpc) is 3.56. The van der Waals surface area contributed by atoms with E-state index in [4.69, 9.17) is 18.6 Å². The summed E-state index contributed by atoms with van der Waals surface area (Å²) in [5.41, 5.74) is 0.986. The zero-order chi connectivity index (χ0) is 30.1. The molecule has 0 fully saturated rings. The Labute approximate surface area is 251 Å². The van der Waals surface area contributed by atoms with E-state index in [9.17, 15) is 19.7 Å². The number of fused-ring (bicyclic) bond motifs is 1. The molecule has 3 heterocycles. The number of aromatic nitrogens is 1. The monoisotopic (exact) mass is 653 g/mol. The van der Waals surface area contributed by atoms with Gasteiger partial charge in [0.05, 0.1) is 53.2 Å². The molecule has 0 radical (unpaired) electrons. The number of furan rings is 1. The number of benzene rings is 2. The third-order valence-corrected chi connectivity index (χ3v) is 8.25. The number of halogens is 1. The van der Waals surface area contributed by atoms with Gasteiger partial charge in [-0.3, -0.25) is 19.5 Å². The SMILES string of the molecule is CCOC(=O)C1=C(C)N=c2s/c(=C\c3ccc(-c4ccccc4[N+](=O)[O-])o3)c(=O)n2[C@H]1c1cc(OC)c(OC)cc1Br. The number of thiazole rings is 1. The van der Waals surface area contributed by atoms with Crippen molar-refractivity contribution in [1.29, 1.82) is 0 Å². The van der Waals surface area contributed by atoms with Crippen LogP contribution < -0.4 is 24.4 Å². The molecule has 2 aromatic carbocycles. The summed E-state index contributed by atoms with van der Waals surface area (Å²) in [7, 11) is 3.01. The third kappa shape index (κ3) is 5.16. The average molecular weight is 654 g/mol. The third-order valence-electron chi connectivity index (χ3n) is 6.58. The molecule has 1 aliphatic rings. The maximum Gasteiger partial charge on any atom is 0.338 e. The van der Waals surface area contributed by atoms with Gasteiger partial charge in [0.25, 0.3) is 11.2 Å². The first-order valence-electron chi connectivity index (χ1n) is 12.6. The second kappa shape index (κ2) is 11.8. The zero-order valence-corrected chi connectivity index (χ0v) is 25.3. The summed E-state index contributed by atoms with van der Waals surface area (Å²) >= 11 is 4.70. The Balaban J connectivity index is 1.69. The largest absolute Gasteiger partial charge is 0.493 e. The molecule has 4 aromatic rings. The van der Waals surface area contributed by atoms with Gasteiger partial charge in [-0.1, -0.05) is 39.4 Å². The molecule has 5 rings (SSSR count). The van der Waals surface area contributed by atoms with Crippen molar-refractivity contribution in [2.75, 3.05) is 20.8 Å². The van der Waals surface area contributed by atoms with Gasteiger partial charge >= 0.3 is 5.97 Å². The van der Waals surface area contributed by atoms with E-state index in [1.54, 1.807) is 62.4 Å². The summed E-state index contributed by atoms with van der Waals surface area (Å²) in [4.78, 5) is 43.1. The van der Waals surface area contributed by atoms with Crippen LogP contribution in [0.15, 0.2) is 78.5 Å². The topological polar surface area (TPSA) is 135 Å². The highest BCUT2D eigenvalue weighted by atomic mass is 79.9. The number of nitro benzene ring substituents is 1. The molecule has 2 aromatic heterocycles. The molecule has 11 nitrogen and oxygen atoms in total. The molecule has 0 aliphatic carbocycles. The predicted octanol–water partition coefficient (Wildman–Crippen LogP) is 4.75. The van der Waals surface area contributed by atoms with E-state index in [1.807, 2.05) is 0 Å². The van der Waals surface area contributed by atoms with Gasteiger partial charge in [-0.25, -0.2) is 9.79 Å². The maximum absolute atomic E-state index is 13.9. The van der Waals surface area contributed by atoms with Crippen molar-refractivity contribution >= 4 is 45.0 Å². The van der Waals surface area contributed by atoms with Crippen molar-refractivity contribution in [2.24, 2.45) is 4.99 Å². The summed E-state index contributed by atoms with van der Waals surface area (Å²) in [6.45, 7) is 3.53. The highest BCUT2D eigenvalue weighted by Crippen LogP contribution is 2.41. The molecule has 0 saturated heterocycles. The number of nitro groups is 1. The molecule has 0 amide bonds. The molecule has 0 bridgehead atoms. The predicted molar refractivity (Wildman–Crippen MR) is 158 cm³/mol. The van der Waals surface area contributed by atoms with Crippen molar-refractivity contribution in [1.82, 2.24) is 4.57 Å². The number of para-hydroxylation sites is 1. The fourth-order valence-electron chi connectivity index (χ4n) is 4.71. The van der Waals surface area contributed by atoms with Gasteiger partial charge in [0.2, 0.25) is 0 Å². The minimum atomic E-state index is -0.893. The van der Waals surface area contributed by atoms with E-state index in [0.717, 1.165) is 11.3 Å². The number of esters is 1. The number of nitrogens with zero attached hydrogens (tertiary/aromatic N) is 3. The van der Waals surface area contributed by atoms with Crippen LogP contribution in [0.4, 0.5) is 5.69 Å². The number of carbonyl (C=O) groups excluding carboxylic acids is 1.